The Morgan fingerprint density at radius 3 is 2.86 bits per heavy atom. The van der Waals surface area contributed by atoms with Gasteiger partial charge in [0.05, 0.1) is 18.9 Å². The summed E-state index contributed by atoms with van der Waals surface area (Å²) in [5.41, 5.74) is 0.434. The first-order chi connectivity index (χ1) is 10.7. The molecular weight excluding hydrogens is 285 g/mol. The van der Waals surface area contributed by atoms with E-state index in [1.54, 1.807) is 0 Å². The summed E-state index contributed by atoms with van der Waals surface area (Å²) in [6.45, 7) is 5.50. The number of nitrogens with zero attached hydrogens (tertiary/aromatic N) is 3. The molecule has 0 bridgehead atoms. The van der Waals surface area contributed by atoms with Crippen molar-refractivity contribution in [3.63, 3.8) is 0 Å². The van der Waals surface area contributed by atoms with Gasteiger partial charge in [-0.3, -0.25) is 0 Å². The number of furan rings is 1. The van der Waals surface area contributed by atoms with Gasteiger partial charge in [0.25, 0.3) is 0 Å². The maximum absolute atomic E-state index is 14.6. The van der Waals surface area contributed by atoms with E-state index in [1.165, 1.54) is 6.33 Å². The molecule has 2 aromatic heterocycles. The highest BCUT2D eigenvalue weighted by Crippen LogP contribution is 2.31. The van der Waals surface area contributed by atoms with Crippen molar-refractivity contribution in [1.29, 1.82) is 0 Å². The Morgan fingerprint density at radius 1 is 1.27 bits per heavy atom. The fraction of sp³-hybridized carbons (Fsp3) is 0.500. The van der Waals surface area contributed by atoms with Gasteiger partial charge in [-0.05, 0) is 18.6 Å². The average Bonchev–Trinajstić information content (AvgIpc) is 3.04. The summed E-state index contributed by atoms with van der Waals surface area (Å²) in [5.74, 6) is 1.68. The van der Waals surface area contributed by atoms with Crippen LogP contribution < -0.4 is 4.90 Å². The number of rotatable bonds is 4. The Labute approximate surface area is 129 Å². The van der Waals surface area contributed by atoms with E-state index in [2.05, 4.69) is 9.97 Å². The third kappa shape index (κ3) is 2.70. The van der Waals surface area contributed by atoms with Crippen molar-refractivity contribution < 1.29 is 13.5 Å². The number of aryl methyl sites for hydroxylation is 2. The van der Waals surface area contributed by atoms with Crippen LogP contribution in [0.1, 0.15) is 37.1 Å². The highest BCUT2D eigenvalue weighted by molar-refractivity contribution is 5.44. The molecule has 3 heterocycles. The van der Waals surface area contributed by atoms with Crippen LogP contribution in [-0.4, -0.2) is 29.7 Å². The van der Waals surface area contributed by atoms with E-state index in [-0.39, 0.29) is 11.9 Å². The Hall–Kier alpha value is -1.95. The van der Waals surface area contributed by atoms with E-state index in [0.717, 1.165) is 17.9 Å². The van der Waals surface area contributed by atoms with Crippen LogP contribution in [0.2, 0.25) is 0 Å². The van der Waals surface area contributed by atoms with E-state index in [0.29, 0.717) is 37.7 Å². The zero-order chi connectivity index (χ0) is 15.5. The van der Waals surface area contributed by atoms with Crippen LogP contribution in [0.3, 0.4) is 0 Å². The Kier molecular flexibility index (Phi) is 4.38. The molecule has 6 heteroatoms. The van der Waals surface area contributed by atoms with Gasteiger partial charge >= 0.3 is 0 Å². The molecule has 2 aromatic rings. The first-order valence-corrected chi connectivity index (χ1v) is 7.67. The van der Waals surface area contributed by atoms with Gasteiger partial charge in [-0.1, -0.05) is 13.8 Å². The lowest BCUT2D eigenvalue weighted by Gasteiger charge is -2.35. The summed E-state index contributed by atoms with van der Waals surface area (Å²) in [7, 11) is 0. The van der Waals surface area contributed by atoms with E-state index in [1.807, 2.05) is 30.9 Å². The number of aromatic nitrogens is 2. The molecule has 0 N–H and O–H groups in total. The van der Waals surface area contributed by atoms with Crippen molar-refractivity contribution in [1.82, 2.24) is 9.97 Å². The molecule has 1 saturated heterocycles. The standard InChI is InChI=1S/C16H20FN3O2/c1-3-11-5-6-14(22-11)13-9-21-8-7-20(13)16-15(17)12(4-2)18-10-19-16/h5-6,10,13H,3-4,7-9H2,1-2H3/t13-/m0/s1. The second-order valence-corrected chi connectivity index (χ2v) is 5.25. The summed E-state index contributed by atoms with van der Waals surface area (Å²) in [6.07, 6.45) is 2.79. The van der Waals surface area contributed by atoms with Crippen molar-refractivity contribution in [3.8, 4) is 0 Å². The van der Waals surface area contributed by atoms with Gasteiger partial charge in [-0.15, -0.1) is 0 Å². The van der Waals surface area contributed by atoms with Crippen LogP contribution in [-0.2, 0) is 17.6 Å². The van der Waals surface area contributed by atoms with Crippen LogP contribution in [0.25, 0.3) is 0 Å². The molecule has 1 aliphatic rings. The Balaban J connectivity index is 1.96. The number of hydrogen-bond donors (Lipinski definition) is 0. The summed E-state index contributed by atoms with van der Waals surface area (Å²) in [5, 5.41) is 0. The van der Waals surface area contributed by atoms with Gasteiger partial charge in [0.1, 0.15) is 23.9 Å². The van der Waals surface area contributed by atoms with Gasteiger partial charge in [0, 0.05) is 13.0 Å². The number of halogens is 1. The molecule has 0 spiro atoms. The minimum Gasteiger partial charge on any atom is -0.464 e. The number of anilines is 1. The van der Waals surface area contributed by atoms with E-state index < -0.39 is 0 Å². The Bertz CT molecular complexity index is 644. The molecule has 118 valence electrons. The molecule has 1 fully saturated rings. The zero-order valence-electron chi connectivity index (χ0n) is 12.9. The third-order valence-corrected chi connectivity index (χ3v) is 3.94. The average molecular weight is 305 g/mol. The Morgan fingerprint density at radius 2 is 2.14 bits per heavy atom. The lowest BCUT2D eigenvalue weighted by atomic mass is 10.1. The van der Waals surface area contributed by atoms with Gasteiger partial charge in [0.15, 0.2) is 11.6 Å². The molecule has 0 unspecified atom stereocenters. The first-order valence-electron chi connectivity index (χ1n) is 7.67. The van der Waals surface area contributed by atoms with Crippen LogP contribution in [0.4, 0.5) is 10.2 Å². The van der Waals surface area contributed by atoms with Gasteiger partial charge in [0.2, 0.25) is 0 Å². The van der Waals surface area contributed by atoms with Crippen molar-refractivity contribution in [3.05, 3.63) is 41.5 Å². The summed E-state index contributed by atoms with van der Waals surface area (Å²) in [4.78, 5) is 10.1. The second-order valence-electron chi connectivity index (χ2n) is 5.25. The van der Waals surface area contributed by atoms with Crippen molar-refractivity contribution in [2.24, 2.45) is 0 Å². The van der Waals surface area contributed by atoms with Gasteiger partial charge < -0.3 is 14.1 Å². The quantitative estimate of drug-likeness (QED) is 0.869. The predicted octanol–water partition coefficient (Wildman–Crippen LogP) is 2.91. The molecule has 1 atom stereocenters. The number of morpholine rings is 1. The monoisotopic (exact) mass is 305 g/mol. The number of hydrogen-bond acceptors (Lipinski definition) is 5. The smallest absolute Gasteiger partial charge is 0.187 e. The SMILES string of the molecule is CCc1ccc([C@@H]2COCCN2c2ncnc(CC)c2F)o1. The number of ether oxygens (including phenoxy) is 1. The van der Waals surface area contributed by atoms with Crippen molar-refractivity contribution in [2.75, 3.05) is 24.7 Å². The van der Waals surface area contributed by atoms with Crippen molar-refractivity contribution in [2.45, 2.75) is 32.7 Å². The van der Waals surface area contributed by atoms with Crippen LogP contribution >= 0.6 is 0 Å². The zero-order valence-corrected chi connectivity index (χ0v) is 12.9. The van der Waals surface area contributed by atoms with Gasteiger partial charge in [-0.25, -0.2) is 14.4 Å². The third-order valence-electron chi connectivity index (χ3n) is 3.94. The minimum absolute atomic E-state index is 0.164. The highest BCUT2D eigenvalue weighted by atomic mass is 19.1. The second kappa shape index (κ2) is 6.44. The van der Waals surface area contributed by atoms with E-state index in [4.69, 9.17) is 9.15 Å². The predicted molar refractivity (Wildman–Crippen MR) is 80.4 cm³/mol. The molecule has 0 saturated carbocycles. The fourth-order valence-corrected chi connectivity index (χ4v) is 2.70. The van der Waals surface area contributed by atoms with E-state index in [9.17, 15) is 4.39 Å². The topological polar surface area (TPSA) is 51.4 Å². The molecule has 3 rings (SSSR count). The molecular formula is C16H20FN3O2. The van der Waals surface area contributed by atoms with Crippen LogP contribution in [0.5, 0.6) is 0 Å². The van der Waals surface area contributed by atoms with Crippen LogP contribution in [0.15, 0.2) is 22.9 Å². The molecule has 5 nitrogen and oxygen atoms in total. The van der Waals surface area contributed by atoms with E-state index >= 15 is 0 Å². The fourth-order valence-electron chi connectivity index (χ4n) is 2.70. The summed E-state index contributed by atoms with van der Waals surface area (Å²) >= 11 is 0. The molecule has 0 radical (unpaired) electrons. The minimum atomic E-state index is -0.348. The summed E-state index contributed by atoms with van der Waals surface area (Å²) in [6, 6.07) is 3.73. The first kappa shape index (κ1) is 15.0. The molecule has 0 aromatic carbocycles. The largest absolute Gasteiger partial charge is 0.464 e. The molecule has 22 heavy (non-hydrogen) atoms. The lowest BCUT2D eigenvalue weighted by Crippen LogP contribution is -2.40. The molecule has 0 aliphatic carbocycles. The lowest BCUT2D eigenvalue weighted by molar-refractivity contribution is 0.0864. The maximum Gasteiger partial charge on any atom is 0.187 e. The maximum atomic E-state index is 14.6. The molecule has 1 aliphatic heterocycles. The van der Waals surface area contributed by atoms with Crippen molar-refractivity contribution >= 4 is 5.82 Å². The normalized spacial score (nSPS) is 18.7. The molecule has 0 amide bonds. The summed E-state index contributed by atoms with van der Waals surface area (Å²) < 4.78 is 26.0. The van der Waals surface area contributed by atoms with Crippen LogP contribution in [0, 0.1) is 5.82 Å². The van der Waals surface area contributed by atoms with Gasteiger partial charge in [-0.2, -0.15) is 0 Å². The highest BCUT2D eigenvalue weighted by Gasteiger charge is 2.30.